The molecule has 13 rings (SSSR count). The second-order valence-corrected chi connectivity index (χ2v) is 17.6. The van der Waals surface area contributed by atoms with E-state index >= 15 is 0 Å². The number of fused-ring (bicyclic) bond motifs is 6. The van der Waals surface area contributed by atoms with Crippen LogP contribution in [0.5, 0.6) is 0 Å². The zero-order chi connectivity index (χ0) is 45.0. The van der Waals surface area contributed by atoms with Gasteiger partial charge in [-0.05, 0) is 86.5 Å². The second-order valence-electron chi connectivity index (χ2n) is 17.6. The van der Waals surface area contributed by atoms with Crippen LogP contribution in [0.25, 0.3) is 122 Å². The minimum absolute atomic E-state index is 1.12. The third-order valence-corrected chi connectivity index (χ3v) is 13.7. The van der Waals surface area contributed by atoms with Gasteiger partial charge in [0.15, 0.2) is 0 Å². The highest BCUT2D eigenvalue weighted by Gasteiger charge is 2.25. The van der Waals surface area contributed by atoms with Crippen LogP contribution in [0.1, 0.15) is 0 Å². The molecule has 0 unspecified atom stereocenters. The van der Waals surface area contributed by atoms with Gasteiger partial charge >= 0.3 is 0 Å². The number of hydrogen-bond acceptors (Lipinski definition) is 0. The molecule has 13 aromatic rings. The van der Waals surface area contributed by atoms with Crippen molar-refractivity contribution in [3.8, 4) is 78.1 Å². The highest BCUT2D eigenvalue weighted by molar-refractivity contribution is 6.24. The minimum Gasteiger partial charge on any atom is -0.309 e. The molecule has 0 bridgehead atoms. The van der Waals surface area contributed by atoms with E-state index in [1.165, 1.54) is 99.3 Å². The molecule has 2 heterocycles. The monoisotopic (exact) mass is 864 g/mol. The summed E-state index contributed by atoms with van der Waals surface area (Å²) in [5, 5.41) is 4.90. The molecule has 0 saturated heterocycles. The highest BCUT2D eigenvalue weighted by Crippen LogP contribution is 2.48. The molecule has 2 nitrogen and oxygen atoms in total. The third-order valence-electron chi connectivity index (χ3n) is 13.7. The Balaban J connectivity index is 1.15. The summed E-state index contributed by atoms with van der Waals surface area (Å²) >= 11 is 0. The number of hydrogen-bond donors (Lipinski definition) is 0. The normalized spacial score (nSPS) is 11.5. The van der Waals surface area contributed by atoms with Gasteiger partial charge in [-0.2, -0.15) is 0 Å². The van der Waals surface area contributed by atoms with Crippen molar-refractivity contribution in [3.05, 3.63) is 267 Å². The van der Waals surface area contributed by atoms with Crippen LogP contribution < -0.4 is 0 Å². The van der Waals surface area contributed by atoms with Crippen molar-refractivity contribution in [1.29, 1.82) is 0 Å². The highest BCUT2D eigenvalue weighted by atomic mass is 15.0. The SMILES string of the molecule is c1ccc(-c2ccc(-n3c4ccc(-c5cccc6c7c(-c8ccccc8)ccc(-c8ccccc8)c7n(-c7ccccc7)c56)cc4c4c(-c5ccccc5)ccc(-c5ccccc5)c43)cc2)cc1. The number of para-hydroxylation sites is 2. The Morgan fingerprint density at radius 3 is 1.12 bits per heavy atom. The predicted molar refractivity (Wildman–Crippen MR) is 288 cm³/mol. The van der Waals surface area contributed by atoms with Gasteiger partial charge in [0, 0.05) is 49.6 Å². The fourth-order valence-corrected chi connectivity index (χ4v) is 10.7. The van der Waals surface area contributed by atoms with E-state index in [-0.39, 0.29) is 0 Å². The van der Waals surface area contributed by atoms with E-state index in [0.29, 0.717) is 0 Å². The summed E-state index contributed by atoms with van der Waals surface area (Å²) in [6.07, 6.45) is 0. The van der Waals surface area contributed by atoms with Crippen molar-refractivity contribution >= 4 is 43.6 Å². The molecule has 0 N–H and O–H groups in total. The van der Waals surface area contributed by atoms with E-state index in [0.717, 1.165) is 22.5 Å². The first-order valence-electron chi connectivity index (χ1n) is 23.4. The Morgan fingerprint density at radius 2 is 0.588 bits per heavy atom. The van der Waals surface area contributed by atoms with Crippen LogP contribution >= 0.6 is 0 Å². The van der Waals surface area contributed by atoms with E-state index < -0.39 is 0 Å². The molecule has 0 saturated carbocycles. The molecule has 2 aromatic heterocycles. The van der Waals surface area contributed by atoms with Crippen molar-refractivity contribution in [1.82, 2.24) is 9.13 Å². The van der Waals surface area contributed by atoms with Gasteiger partial charge in [-0.3, -0.25) is 0 Å². The topological polar surface area (TPSA) is 9.86 Å². The Kier molecular flexibility index (Phi) is 9.54. The molecule has 11 aromatic carbocycles. The lowest BCUT2D eigenvalue weighted by Gasteiger charge is -2.15. The molecule has 0 aliphatic rings. The van der Waals surface area contributed by atoms with E-state index in [2.05, 4.69) is 276 Å². The zero-order valence-corrected chi connectivity index (χ0v) is 37.3. The molecule has 0 atom stereocenters. The van der Waals surface area contributed by atoms with Crippen molar-refractivity contribution in [2.75, 3.05) is 0 Å². The van der Waals surface area contributed by atoms with Crippen LogP contribution in [0.4, 0.5) is 0 Å². The van der Waals surface area contributed by atoms with Gasteiger partial charge in [0.2, 0.25) is 0 Å². The van der Waals surface area contributed by atoms with Crippen molar-refractivity contribution in [2.45, 2.75) is 0 Å². The summed E-state index contributed by atoms with van der Waals surface area (Å²) in [7, 11) is 0. The van der Waals surface area contributed by atoms with Gasteiger partial charge in [0.05, 0.1) is 22.1 Å². The fraction of sp³-hybridized carbons (Fsp3) is 0. The molecule has 0 amide bonds. The molecule has 68 heavy (non-hydrogen) atoms. The molecule has 318 valence electrons. The maximum Gasteiger partial charge on any atom is 0.0625 e. The Labute approximate surface area is 395 Å². The summed E-state index contributed by atoms with van der Waals surface area (Å²) in [4.78, 5) is 0. The molecule has 0 radical (unpaired) electrons. The summed E-state index contributed by atoms with van der Waals surface area (Å²) in [6, 6.07) is 97.5. The summed E-state index contributed by atoms with van der Waals surface area (Å²) in [5.41, 5.74) is 21.3. The summed E-state index contributed by atoms with van der Waals surface area (Å²) in [5.74, 6) is 0. The lowest BCUT2D eigenvalue weighted by Crippen LogP contribution is -1.97. The number of benzene rings is 11. The first-order valence-corrected chi connectivity index (χ1v) is 23.4. The lowest BCUT2D eigenvalue weighted by atomic mass is 9.93. The molecule has 0 aliphatic heterocycles. The molecule has 2 heteroatoms. The minimum atomic E-state index is 1.12. The van der Waals surface area contributed by atoms with Crippen LogP contribution in [-0.4, -0.2) is 9.13 Å². The molecule has 0 aliphatic carbocycles. The average Bonchev–Trinajstić information content (AvgIpc) is 3.96. The largest absolute Gasteiger partial charge is 0.309 e. The van der Waals surface area contributed by atoms with Gasteiger partial charge in [0.25, 0.3) is 0 Å². The van der Waals surface area contributed by atoms with Crippen LogP contribution in [0.2, 0.25) is 0 Å². The summed E-state index contributed by atoms with van der Waals surface area (Å²) < 4.78 is 5.03. The first-order chi connectivity index (χ1) is 33.8. The van der Waals surface area contributed by atoms with E-state index in [9.17, 15) is 0 Å². The van der Waals surface area contributed by atoms with Gasteiger partial charge in [-0.25, -0.2) is 0 Å². The maximum absolute atomic E-state index is 2.53. The summed E-state index contributed by atoms with van der Waals surface area (Å²) in [6.45, 7) is 0. The molecular formula is C66H44N2. The lowest BCUT2D eigenvalue weighted by molar-refractivity contribution is 1.18. The van der Waals surface area contributed by atoms with Crippen LogP contribution in [0.15, 0.2) is 267 Å². The predicted octanol–water partition coefficient (Wildman–Crippen LogP) is 17.9. The van der Waals surface area contributed by atoms with E-state index in [4.69, 9.17) is 0 Å². The molecule has 0 spiro atoms. The average molecular weight is 865 g/mol. The van der Waals surface area contributed by atoms with Gasteiger partial charge < -0.3 is 9.13 Å². The number of rotatable bonds is 8. The Hall–Kier alpha value is -8.98. The smallest absolute Gasteiger partial charge is 0.0625 e. The molecule has 0 fully saturated rings. The first kappa shape index (κ1) is 39.4. The van der Waals surface area contributed by atoms with Gasteiger partial charge in [-0.15, -0.1) is 0 Å². The van der Waals surface area contributed by atoms with Crippen LogP contribution in [0, 0.1) is 0 Å². The zero-order valence-electron chi connectivity index (χ0n) is 37.3. The van der Waals surface area contributed by atoms with Gasteiger partial charge in [-0.1, -0.05) is 231 Å². The second kappa shape index (κ2) is 16.5. The third kappa shape index (κ3) is 6.49. The standard InChI is InChI=1S/C66H44N2/c1-7-20-45(21-8-1)46-34-37-53(38-35-46)67-61-43-36-51(44-60(61)63-55(48-24-11-3-12-25-48)40-41-57(65(63)67)49-26-13-4-14-27-49)56-32-19-33-59-62-54(47-22-9-2-10-23-47)39-42-58(50-28-15-5-16-29-50)66(62)68(64(56)59)52-30-17-6-18-31-52/h1-44H. The fourth-order valence-electron chi connectivity index (χ4n) is 10.7. The Bertz CT molecular complexity index is 3950. The Morgan fingerprint density at radius 1 is 0.206 bits per heavy atom. The number of nitrogens with zero attached hydrogens (tertiary/aromatic N) is 2. The van der Waals surface area contributed by atoms with E-state index in [1.807, 2.05) is 0 Å². The molecular weight excluding hydrogens is 821 g/mol. The van der Waals surface area contributed by atoms with Gasteiger partial charge in [0.1, 0.15) is 0 Å². The van der Waals surface area contributed by atoms with Crippen molar-refractivity contribution in [3.63, 3.8) is 0 Å². The number of aromatic nitrogens is 2. The van der Waals surface area contributed by atoms with Crippen LogP contribution in [0.3, 0.4) is 0 Å². The van der Waals surface area contributed by atoms with Crippen molar-refractivity contribution < 1.29 is 0 Å². The van der Waals surface area contributed by atoms with Crippen molar-refractivity contribution in [2.24, 2.45) is 0 Å². The van der Waals surface area contributed by atoms with E-state index in [1.54, 1.807) is 0 Å². The van der Waals surface area contributed by atoms with Crippen LogP contribution in [-0.2, 0) is 0 Å². The quantitative estimate of drug-likeness (QED) is 0.144. The maximum atomic E-state index is 2.53.